The molecule has 0 unspecified atom stereocenters. The van der Waals surface area contributed by atoms with Gasteiger partial charge in [0.05, 0.1) is 10.9 Å². The molecule has 13 heteroatoms. The van der Waals surface area contributed by atoms with Crippen LogP contribution in [0.1, 0.15) is 43.5 Å². The number of hydrogen-bond donors (Lipinski definition) is 0. The maximum atomic E-state index is 16.9. The molecular weight excluding hydrogens is 693 g/mol. The molecule has 5 aromatic rings. The second-order valence-corrected chi connectivity index (χ2v) is 15.0. The second-order valence-electron chi connectivity index (χ2n) is 15.0. The first-order valence-electron chi connectivity index (χ1n) is 18.3. The number of hydrogen-bond acceptors (Lipinski definition) is 9. The van der Waals surface area contributed by atoms with Crippen molar-refractivity contribution in [2.24, 2.45) is 5.41 Å². The van der Waals surface area contributed by atoms with Gasteiger partial charge >= 0.3 is 6.01 Å². The number of benzene rings is 2. The van der Waals surface area contributed by atoms with Crippen LogP contribution in [-0.2, 0) is 4.79 Å². The van der Waals surface area contributed by atoms with Gasteiger partial charge in [-0.2, -0.15) is 9.97 Å². The average Bonchev–Trinajstić information content (AvgIpc) is 3.71. The summed E-state index contributed by atoms with van der Waals surface area (Å²) in [6.45, 7) is 3.35. The van der Waals surface area contributed by atoms with Crippen LogP contribution >= 0.6 is 0 Å². The van der Waals surface area contributed by atoms with E-state index < -0.39 is 29.3 Å². The predicted molar refractivity (Wildman–Crippen MR) is 198 cm³/mol. The molecule has 4 saturated heterocycles. The number of halogens is 3. The van der Waals surface area contributed by atoms with E-state index >= 15 is 4.39 Å². The van der Waals surface area contributed by atoms with Crippen molar-refractivity contribution >= 4 is 39.5 Å². The fraction of sp³-hybridized carbons (Fsp3) is 0.366. The van der Waals surface area contributed by atoms with Crippen molar-refractivity contribution in [2.75, 3.05) is 50.8 Å². The number of alkyl halides is 1. The molecule has 10 nitrogen and oxygen atoms in total. The van der Waals surface area contributed by atoms with Crippen LogP contribution in [0.5, 0.6) is 6.01 Å². The summed E-state index contributed by atoms with van der Waals surface area (Å²) in [5.74, 6) is 1.14. The number of ether oxygens (including phenoxy) is 1. The Kier molecular flexibility index (Phi) is 8.45. The van der Waals surface area contributed by atoms with E-state index in [0.29, 0.717) is 74.3 Å². The van der Waals surface area contributed by atoms with Crippen LogP contribution in [0, 0.1) is 23.6 Å². The number of carbonyl (C=O) groups is 1. The maximum Gasteiger partial charge on any atom is 0.319 e. The summed E-state index contributed by atoms with van der Waals surface area (Å²) in [7, 11) is 0. The van der Waals surface area contributed by atoms with Crippen LogP contribution in [0.3, 0.4) is 0 Å². The van der Waals surface area contributed by atoms with E-state index in [1.54, 1.807) is 18.3 Å². The summed E-state index contributed by atoms with van der Waals surface area (Å²) in [6, 6.07) is 12.8. The number of rotatable bonds is 7. The van der Waals surface area contributed by atoms with Crippen molar-refractivity contribution in [3.63, 3.8) is 0 Å². The lowest BCUT2D eigenvalue weighted by molar-refractivity contribution is -0.131. The topological polar surface area (TPSA) is 100 Å². The highest BCUT2D eigenvalue weighted by molar-refractivity contribution is 6.02. The fourth-order valence-electron chi connectivity index (χ4n) is 8.95. The van der Waals surface area contributed by atoms with Gasteiger partial charge in [-0.15, -0.1) is 6.42 Å². The first-order valence-corrected chi connectivity index (χ1v) is 18.3. The van der Waals surface area contributed by atoms with Crippen molar-refractivity contribution in [1.82, 2.24) is 34.7 Å². The first kappa shape index (κ1) is 34.2. The van der Waals surface area contributed by atoms with Crippen molar-refractivity contribution in [3.8, 4) is 29.6 Å². The standard InChI is InChI=1S/C41H37F3N8O2/c1-2-26-7-3-8-27-9-4-10-29(33(26)27)35-34(44)36-30(21-47-35)37(49-39(48-36)54-25-41-11-5-16-52(41)22-28(42)20-41)51-23-40(24-51)12-17-50(18-13-40)38(53)31(43)19-32-45-14-6-15-46-32/h1,3-4,6-10,14-15,19,21,28H,5,11-13,16-18,20,22-25H2/b31-19-/t28-,41+/m1/s1. The molecule has 0 N–H and O–H groups in total. The van der Waals surface area contributed by atoms with Crippen LogP contribution in [0.25, 0.3) is 39.0 Å². The fourth-order valence-corrected chi connectivity index (χ4v) is 8.95. The zero-order chi connectivity index (χ0) is 37.0. The molecule has 0 bridgehead atoms. The van der Waals surface area contributed by atoms with Gasteiger partial charge in [0.25, 0.3) is 5.91 Å². The molecule has 4 aliphatic heterocycles. The summed E-state index contributed by atoms with van der Waals surface area (Å²) in [6.07, 6.45) is 14.0. The molecule has 4 aliphatic rings. The van der Waals surface area contributed by atoms with Gasteiger partial charge in [0.2, 0.25) is 0 Å². The van der Waals surface area contributed by atoms with Gasteiger partial charge in [-0.1, -0.05) is 36.3 Å². The Balaban J connectivity index is 1.02. The number of amides is 1. The van der Waals surface area contributed by atoms with Gasteiger partial charge in [-0.25, -0.2) is 23.1 Å². The molecule has 2 aromatic carbocycles. The maximum absolute atomic E-state index is 16.9. The molecule has 0 saturated carbocycles. The van der Waals surface area contributed by atoms with E-state index in [0.717, 1.165) is 36.2 Å². The summed E-state index contributed by atoms with van der Waals surface area (Å²) < 4.78 is 52.7. The van der Waals surface area contributed by atoms with Gasteiger partial charge in [-0.3, -0.25) is 14.7 Å². The number of anilines is 1. The quantitative estimate of drug-likeness (QED) is 0.144. The minimum absolute atomic E-state index is 0.0188. The van der Waals surface area contributed by atoms with E-state index in [1.807, 2.05) is 30.3 Å². The van der Waals surface area contributed by atoms with Crippen molar-refractivity contribution in [3.05, 3.63) is 84.1 Å². The number of aromatic nitrogens is 5. The highest BCUT2D eigenvalue weighted by Gasteiger charge is 2.50. The van der Waals surface area contributed by atoms with Crippen LogP contribution in [0.4, 0.5) is 19.0 Å². The Labute approximate surface area is 310 Å². The zero-order valence-corrected chi connectivity index (χ0v) is 29.5. The molecule has 9 rings (SSSR count). The van der Waals surface area contributed by atoms with Crippen LogP contribution in [0.2, 0.25) is 0 Å². The normalized spacial score (nSPS) is 22.4. The monoisotopic (exact) mass is 730 g/mol. The number of pyridine rings is 1. The first-order chi connectivity index (χ1) is 26.2. The van der Waals surface area contributed by atoms with E-state index in [1.165, 1.54) is 17.3 Å². The summed E-state index contributed by atoms with van der Waals surface area (Å²) >= 11 is 0. The highest BCUT2D eigenvalue weighted by atomic mass is 19.1. The Bertz CT molecular complexity index is 2350. The third-order valence-electron chi connectivity index (χ3n) is 11.7. The van der Waals surface area contributed by atoms with Crippen molar-refractivity contribution < 1.29 is 22.7 Å². The minimum atomic E-state index is -0.925. The molecule has 0 radical (unpaired) electrons. The number of piperidine rings is 1. The van der Waals surface area contributed by atoms with Crippen LogP contribution < -0.4 is 9.64 Å². The summed E-state index contributed by atoms with van der Waals surface area (Å²) in [5.41, 5.74) is 0.778. The van der Waals surface area contributed by atoms with Crippen LogP contribution in [0.15, 0.2) is 66.9 Å². The zero-order valence-electron chi connectivity index (χ0n) is 29.5. The highest BCUT2D eigenvalue weighted by Crippen LogP contribution is 2.46. The minimum Gasteiger partial charge on any atom is -0.461 e. The molecule has 1 spiro atoms. The van der Waals surface area contributed by atoms with Crippen LogP contribution in [-0.4, -0.2) is 98.2 Å². The smallest absolute Gasteiger partial charge is 0.319 e. The third-order valence-corrected chi connectivity index (χ3v) is 11.7. The Hall–Kier alpha value is -5.61. The largest absolute Gasteiger partial charge is 0.461 e. The number of carbonyl (C=O) groups excluding carboxylic acids is 1. The lowest BCUT2D eigenvalue weighted by Gasteiger charge is -2.54. The number of terminal acetylenes is 1. The molecule has 4 fully saturated rings. The van der Waals surface area contributed by atoms with Gasteiger partial charge in [0, 0.05) is 85.7 Å². The number of likely N-dealkylation sites (tertiary alicyclic amines) is 1. The van der Waals surface area contributed by atoms with Gasteiger partial charge in [0.1, 0.15) is 29.8 Å². The Morgan fingerprint density at radius 3 is 2.57 bits per heavy atom. The van der Waals surface area contributed by atoms with Crippen molar-refractivity contribution in [1.29, 1.82) is 0 Å². The SMILES string of the molecule is C#Cc1cccc2cccc(-c3ncc4c(N5CC6(CCN(C(=O)/C(F)=C/c7ncccn7)CC6)C5)nc(OC[C@@]56CCCN5C[C@H](F)C6)nc4c3F)c12. The van der Waals surface area contributed by atoms with E-state index in [4.69, 9.17) is 16.1 Å². The summed E-state index contributed by atoms with van der Waals surface area (Å²) in [4.78, 5) is 40.7. The number of fused-ring (bicyclic) bond motifs is 3. The van der Waals surface area contributed by atoms with Gasteiger partial charge < -0.3 is 14.5 Å². The molecular formula is C41H37F3N8O2. The Morgan fingerprint density at radius 1 is 1.02 bits per heavy atom. The van der Waals surface area contributed by atoms with E-state index in [9.17, 15) is 13.6 Å². The average molecular weight is 731 g/mol. The lowest BCUT2D eigenvalue weighted by atomic mass is 9.72. The van der Waals surface area contributed by atoms with E-state index in [-0.39, 0.29) is 35.1 Å². The molecule has 7 heterocycles. The predicted octanol–water partition coefficient (Wildman–Crippen LogP) is 6.15. The summed E-state index contributed by atoms with van der Waals surface area (Å²) in [5, 5.41) is 2.02. The molecule has 1 amide bonds. The van der Waals surface area contributed by atoms with Gasteiger partial charge in [-0.05, 0) is 49.7 Å². The second kappa shape index (κ2) is 13.4. The molecule has 3 aromatic heterocycles. The van der Waals surface area contributed by atoms with Crippen molar-refractivity contribution in [2.45, 2.75) is 43.8 Å². The number of nitrogens with zero attached hydrogens (tertiary/aromatic N) is 8. The Morgan fingerprint density at radius 2 is 1.80 bits per heavy atom. The molecule has 274 valence electrons. The molecule has 0 aliphatic carbocycles. The van der Waals surface area contributed by atoms with E-state index in [2.05, 4.69) is 35.7 Å². The third kappa shape index (κ3) is 5.89. The van der Waals surface area contributed by atoms with Gasteiger partial charge in [0.15, 0.2) is 17.5 Å². The molecule has 54 heavy (non-hydrogen) atoms. The lowest BCUT2D eigenvalue weighted by Crippen LogP contribution is -2.61. The molecule has 2 atom stereocenters.